The molecule has 0 aromatic heterocycles. The van der Waals surface area contributed by atoms with Crippen molar-refractivity contribution in [2.24, 2.45) is 22.7 Å². The summed E-state index contributed by atoms with van der Waals surface area (Å²) in [6.07, 6.45) is 2.52. The van der Waals surface area contributed by atoms with Crippen molar-refractivity contribution in [1.29, 1.82) is 0 Å². The quantitative estimate of drug-likeness (QED) is 0.318. The maximum absolute atomic E-state index is 13.0. The summed E-state index contributed by atoms with van der Waals surface area (Å²) >= 11 is 0. The van der Waals surface area contributed by atoms with Gasteiger partial charge < -0.3 is 14.2 Å². The molecule has 6 heteroatoms. The molecule has 6 nitrogen and oxygen atoms in total. The Kier molecular flexibility index (Phi) is 5.19. The van der Waals surface area contributed by atoms with Gasteiger partial charge in [0.1, 0.15) is 24.2 Å². The van der Waals surface area contributed by atoms with Gasteiger partial charge >= 0.3 is 17.9 Å². The Labute approximate surface area is 166 Å². The molecule has 1 spiro atoms. The summed E-state index contributed by atoms with van der Waals surface area (Å²) in [6.45, 7) is 13.3. The van der Waals surface area contributed by atoms with Gasteiger partial charge in [-0.2, -0.15) is 0 Å². The average Bonchev–Trinajstić information content (AvgIpc) is 3.07. The van der Waals surface area contributed by atoms with Crippen LogP contribution in [0.25, 0.3) is 0 Å². The smallest absolute Gasteiger partial charge is 0.333 e. The van der Waals surface area contributed by atoms with Gasteiger partial charge in [-0.25, -0.2) is 4.79 Å². The highest BCUT2D eigenvalue weighted by molar-refractivity contribution is 5.90. The van der Waals surface area contributed by atoms with Crippen molar-refractivity contribution in [2.75, 3.05) is 6.61 Å². The van der Waals surface area contributed by atoms with E-state index in [1.807, 2.05) is 0 Å². The van der Waals surface area contributed by atoms with E-state index in [9.17, 15) is 14.4 Å². The highest BCUT2D eigenvalue weighted by atomic mass is 16.6. The molecule has 3 rings (SSSR count). The molecule has 0 radical (unpaired) electrons. The van der Waals surface area contributed by atoms with Gasteiger partial charge in [0.15, 0.2) is 0 Å². The second-order valence-corrected chi connectivity index (χ2v) is 8.78. The van der Waals surface area contributed by atoms with Crippen LogP contribution < -0.4 is 0 Å². The van der Waals surface area contributed by atoms with Gasteiger partial charge in [0, 0.05) is 18.4 Å². The fourth-order valence-electron chi connectivity index (χ4n) is 5.43. The van der Waals surface area contributed by atoms with Crippen molar-refractivity contribution in [3.8, 4) is 0 Å². The average molecular weight is 390 g/mol. The zero-order chi connectivity index (χ0) is 20.9. The number of esters is 3. The van der Waals surface area contributed by atoms with Crippen molar-refractivity contribution in [1.82, 2.24) is 0 Å². The molecule has 0 unspecified atom stereocenters. The van der Waals surface area contributed by atoms with E-state index in [-0.39, 0.29) is 29.8 Å². The van der Waals surface area contributed by atoms with E-state index < -0.39 is 29.6 Å². The predicted molar refractivity (Wildman–Crippen MR) is 102 cm³/mol. The number of ether oxygens (including phenoxy) is 3. The highest BCUT2D eigenvalue weighted by Crippen LogP contribution is 2.66. The summed E-state index contributed by atoms with van der Waals surface area (Å²) in [6, 6.07) is 0. The number of rotatable bonds is 3. The van der Waals surface area contributed by atoms with Gasteiger partial charge in [0.05, 0.1) is 0 Å². The minimum absolute atomic E-state index is 0.130. The fourth-order valence-corrected chi connectivity index (χ4v) is 5.43. The molecular formula is C22H30O6. The maximum atomic E-state index is 13.0. The van der Waals surface area contributed by atoms with Gasteiger partial charge in [-0.15, -0.1) is 0 Å². The predicted octanol–water partition coefficient (Wildman–Crippen LogP) is 3.35. The first-order chi connectivity index (χ1) is 13.1. The lowest BCUT2D eigenvalue weighted by Crippen LogP contribution is -2.50. The number of carbonyl (C=O) groups is 3. The molecule has 2 saturated carbocycles. The first-order valence-corrected chi connectivity index (χ1v) is 9.94. The van der Waals surface area contributed by atoms with Crippen molar-refractivity contribution in [2.45, 2.75) is 66.1 Å². The third-order valence-electron chi connectivity index (χ3n) is 7.32. The minimum atomic E-state index is -1.08. The Balaban J connectivity index is 2.12. The Hall–Kier alpha value is -2.11. The van der Waals surface area contributed by atoms with Gasteiger partial charge in [0.2, 0.25) is 0 Å². The van der Waals surface area contributed by atoms with Crippen molar-refractivity contribution in [3.05, 3.63) is 23.8 Å². The number of hydrogen-bond donors (Lipinski definition) is 0. The normalized spacial score (nSPS) is 40.2. The number of fused-ring (bicyclic) bond motifs is 1. The summed E-state index contributed by atoms with van der Waals surface area (Å²) in [5.41, 5.74) is -0.328. The fraction of sp³-hybridized carbons (Fsp3) is 0.682. The molecule has 3 aliphatic rings. The van der Waals surface area contributed by atoms with E-state index in [4.69, 9.17) is 14.2 Å². The molecule has 0 N–H and O–H groups in total. The standard InChI is InChI=1S/C22H30O6/c1-7-12(2)19(24)28-18-17-16(27-15(5)23)9-8-13(3)21(17,6)11-22(18)14(4)10-26-20(22)25/h7,13,16-18H,4,8-11H2,1-3,5-6H3/t13-,16-,17+,18+,21+,22+/m0/s1. The SMILES string of the molecule is C=C1COC(=O)[C@]12C[C@@]1(C)[C@H]([C@@H](OC(C)=O)CC[C@@H]1C)[C@H]2OC(=O)C(C)=CC. The first kappa shape index (κ1) is 20.6. The van der Waals surface area contributed by atoms with Crippen molar-refractivity contribution >= 4 is 17.9 Å². The van der Waals surface area contributed by atoms with Crippen LogP contribution in [0.2, 0.25) is 0 Å². The number of carbonyl (C=O) groups excluding carboxylic acids is 3. The molecule has 1 aliphatic heterocycles. The Morgan fingerprint density at radius 1 is 1.25 bits per heavy atom. The van der Waals surface area contributed by atoms with Crippen LogP contribution in [0.15, 0.2) is 23.8 Å². The second-order valence-electron chi connectivity index (χ2n) is 8.78. The van der Waals surface area contributed by atoms with E-state index in [2.05, 4.69) is 20.4 Å². The maximum Gasteiger partial charge on any atom is 0.333 e. The zero-order valence-electron chi connectivity index (χ0n) is 17.4. The molecule has 28 heavy (non-hydrogen) atoms. The molecule has 0 aromatic carbocycles. The van der Waals surface area contributed by atoms with Gasteiger partial charge in [-0.05, 0) is 50.0 Å². The molecule has 1 heterocycles. The van der Waals surface area contributed by atoms with E-state index in [1.54, 1.807) is 19.9 Å². The van der Waals surface area contributed by atoms with Crippen molar-refractivity contribution in [3.63, 3.8) is 0 Å². The van der Waals surface area contributed by atoms with Gasteiger partial charge in [-0.3, -0.25) is 9.59 Å². The van der Waals surface area contributed by atoms with Crippen LogP contribution in [-0.2, 0) is 28.6 Å². The van der Waals surface area contributed by atoms with E-state index in [0.29, 0.717) is 24.0 Å². The molecule has 0 aromatic rings. The van der Waals surface area contributed by atoms with Crippen LogP contribution >= 0.6 is 0 Å². The minimum Gasteiger partial charge on any atom is -0.462 e. The lowest BCUT2D eigenvalue weighted by atomic mass is 9.61. The molecule has 3 fully saturated rings. The lowest BCUT2D eigenvalue weighted by molar-refractivity contribution is -0.172. The lowest BCUT2D eigenvalue weighted by Gasteiger charge is -2.46. The number of allylic oxidation sites excluding steroid dienone is 1. The Morgan fingerprint density at radius 2 is 1.93 bits per heavy atom. The molecule has 0 bridgehead atoms. The molecular weight excluding hydrogens is 360 g/mol. The third-order valence-corrected chi connectivity index (χ3v) is 7.32. The van der Waals surface area contributed by atoms with Gasteiger partial charge in [-0.1, -0.05) is 26.5 Å². The summed E-state index contributed by atoms with van der Waals surface area (Å²) in [5, 5.41) is 0. The van der Waals surface area contributed by atoms with E-state index in [1.165, 1.54) is 6.92 Å². The van der Waals surface area contributed by atoms with E-state index >= 15 is 0 Å². The van der Waals surface area contributed by atoms with Crippen LogP contribution in [0.1, 0.15) is 53.9 Å². The number of hydrogen-bond acceptors (Lipinski definition) is 6. The van der Waals surface area contributed by atoms with Crippen LogP contribution in [-0.4, -0.2) is 36.7 Å². The topological polar surface area (TPSA) is 78.9 Å². The molecule has 0 amide bonds. The molecule has 6 atom stereocenters. The van der Waals surface area contributed by atoms with E-state index in [0.717, 1.165) is 6.42 Å². The molecule has 154 valence electrons. The van der Waals surface area contributed by atoms with Crippen molar-refractivity contribution < 1.29 is 28.6 Å². The first-order valence-electron chi connectivity index (χ1n) is 9.94. The summed E-state index contributed by atoms with van der Waals surface area (Å²) in [4.78, 5) is 37.4. The summed E-state index contributed by atoms with van der Waals surface area (Å²) < 4.78 is 17.0. The number of cyclic esters (lactones) is 1. The summed E-state index contributed by atoms with van der Waals surface area (Å²) in [7, 11) is 0. The zero-order valence-corrected chi connectivity index (χ0v) is 17.4. The Bertz CT molecular complexity index is 734. The molecule has 2 aliphatic carbocycles. The third kappa shape index (κ3) is 2.88. The largest absolute Gasteiger partial charge is 0.462 e. The monoisotopic (exact) mass is 390 g/mol. The van der Waals surface area contributed by atoms with Crippen LogP contribution in [0.5, 0.6) is 0 Å². The van der Waals surface area contributed by atoms with Crippen LogP contribution in [0.3, 0.4) is 0 Å². The van der Waals surface area contributed by atoms with Gasteiger partial charge in [0.25, 0.3) is 0 Å². The van der Waals surface area contributed by atoms with Crippen LogP contribution in [0, 0.1) is 22.7 Å². The second kappa shape index (κ2) is 7.05. The Morgan fingerprint density at radius 3 is 2.46 bits per heavy atom. The molecule has 1 saturated heterocycles. The summed E-state index contributed by atoms with van der Waals surface area (Å²) in [5.74, 6) is -1.25. The van der Waals surface area contributed by atoms with Crippen LogP contribution in [0.4, 0.5) is 0 Å². The highest BCUT2D eigenvalue weighted by Gasteiger charge is 2.72.